The zero-order chi connectivity index (χ0) is 34.2. The van der Waals surface area contributed by atoms with Gasteiger partial charge in [-0.05, 0) is 183 Å². The fourth-order valence-corrected chi connectivity index (χ4v) is 12.0. The number of benzene rings is 3. The van der Waals surface area contributed by atoms with E-state index in [0.717, 1.165) is 76.3 Å². The number of ether oxygens (including phenoxy) is 1. The summed E-state index contributed by atoms with van der Waals surface area (Å²) in [6, 6.07) is 24.4. The van der Waals surface area contributed by atoms with E-state index in [1.165, 1.54) is 83.5 Å². The molecule has 0 spiro atoms. The van der Waals surface area contributed by atoms with Crippen molar-refractivity contribution in [2.75, 3.05) is 23.0 Å². The van der Waals surface area contributed by atoms with Gasteiger partial charge in [0.1, 0.15) is 5.75 Å². The summed E-state index contributed by atoms with van der Waals surface area (Å²) in [6.45, 7) is 11.2. The molecule has 0 radical (unpaired) electrons. The first-order valence-corrected chi connectivity index (χ1v) is 19.9. The maximum absolute atomic E-state index is 6.33. The topological polar surface area (TPSA) is 64.5 Å². The smallest absolute Gasteiger partial charge is 0.119 e. The predicted molar refractivity (Wildman–Crippen MR) is 207 cm³/mol. The second kappa shape index (κ2) is 14.2. The fraction of sp³-hybridized carbons (Fsp3) is 0.600. The molecular weight excluding hydrogens is 599 g/mol. The highest BCUT2D eigenvalue weighted by molar-refractivity contribution is 5.78. The second-order valence-corrected chi connectivity index (χ2v) is 17.5. The Labute approximate surface area is 297 Å². The molecule has 3 aromatic rings. The summed E-state index contributed by atoms with van der Waals surface area (Å²) in [5.74, 6) is 7.26. The zero-order valence-corrected chi connectivity index (χ0v) is 30.9. The lowest BCUT2D eigenvalue weighted by Gasteiger charge is -2.61. The van der Waals surface area contributed by atoms with Crippen molar-refractivity contribution in [2.45, 2.75) is 111 Å². The number of hydrogen-bond acceptors (Lipinski definition) is 4. The molecule has 0 heterocycles. The van der Waals surface area contributed by atoms with Gasteiger partial charge < -0.3 is 21.1 Å². The molecule has 0 bridgehead atoms. The van der Waals surface area contributed by atoms with Gasteiger partial charge in [-0.15, -0.1) is 0 Å². The average Bonchev–Trinajstić information content (AvgIpc) is 3.47. The highest BCUT2D eigenvalue weighted by atomic mass is 16.5. The van der Waals surface area contributed by atoms with Gasteiger partial charge >= 0.3 is 0 Å². The van der Waals surface area contributed by atoms with Crippen molar-refractivity contribution in [2.24, 2.45) is 52.3 Å². The quantitative estimate of drug-likeness (QED) is 0.201. The lowest BCUT2D eigenvalue weighted by molar-refractivity contribution is -0.114. The molecule has 4 fully saturated rings. The molecule has 2 unspecified atom stereocenters. The monoisotopic (exact) mass is 661 g/mol. The van der Waals surface area contributed by atoms with Gasteiger partial charge in [0.05, 0.1) is 6.61 Å². The Kier molecular flexibility index (Phi) is 9.97. The minimum atomic E-state index is 0.543. The van der Waals surface area contributed by atoms with Crippen LogP contribution in [0.5, 0.6) is 5.75 Å². The lowest BCUT2D eigenvalue weighted by atomic mass is 9.44. The molecule has 3 aromatic carbocycles. The first-order valence-electron chi connectivity index (χ1n) is 19.9. The van der Waals surface area contributed by atoms with Gasteiger partial charge in [0.2, 0.25) is 0 Å². The second-order valence-electron chi connectivity index (χ2n) is 17.5. The summed E-state index contributed by atoms with van der Waals surface area (Å²) in [5.41, 5.74) is 17.9. The molecule has 7 rings (SSSR count). The summed E-state index contributed by atoms with van der Waals surface area (Å²) in [5, 5.41) is 0. The Morgan fingerprint density at radius 2 is 1.29 bits per heavy atom. The van der Waals surface area contributed by atoms with Crippen LogP contribution in [0.25, 0.3) is 0 Å². The van der Waals surface area contributed by atoms with Gasteiger partial charge in [0.25, 0.3) is 0 Å². The van der Waals surface area contributed by atoms with Gasteiger partial charge in [0, 0.05) is 28.4 Å². The number of hydrogen-bond donors (Lipinski definition) is 2. The van der Waals surface area contributed by atoms with Crippen molar-refractivity contribution in [3.8, 4) is 5.75 Å². The zero-order valence-electron chi connectivity index (χ0n) is 30.9. The minimum absolute atomic E-state index is 0.543. The average molecular weight is 662 g/mol. The minimum Gasteiger partial charge on any atom is -0.493 e. The molecular formula is C45H63N3O. The summed E-state index contributed by atoms with van der Waals surface area (Å²) >= 11 is 0. The Morgan fingerprint density at radius 1 is 0.673 bits per heavy atom. The molecule has 0 aliphatic heterocycles. The van der Waals surface area contributed by atoms with Gasteiger partial charge in [-0.3, -0.25) is 0 Å². The van der Waals surface area contributed by atoms with E-state index >= 15 is 0 Å². The van der Waals surface area contributed by atoms with Crippen LogP contribution in [-0.4, -0.2) is 6.61 Å². The number of anilines is 5. The molecule has 49 heavy (non-hydrogen) atoms. The maximum Gasteiger partial charge on any atom is 0.119 e. The molecule has 0 amide bonds. The fourth-order valence-electron chi connectivity index (χ4n) is 12.0. The van der Waals surface area contributed by atoms with E-state index in [-0.39, 0.29) is 0 Å². The standard InChI is InChI=1S/C45H63N3O/c1-31(30-49-39-22-20-38(21-23-39)48(36-16-12-34(46)13-17-36)37-18-14-35(47)15-19-37)8-7-9-32(2)41-25-26-42-40-24-11-33-10-5-6-28-44(33,3)43(40)27-29-45(41,42)4/h12-23,31-33,40-43H,5-11,24-30,46-47H2,1-4H3/t31?,32-,33?,40+,41-,42+,43+,44+,45-/m1/s1. The molecule has 4 nitrogen and oxygen atoms in total. The number of rotatable bonds is 11. The van der Waals surface area contributed by atoms with Crippen LogP contribution in [0.3, 0.4) is 0 Å². The Balaban J connectivity index is 0.901. The predicted octanol–water partition coefficient (Wildman–Crippen LogP) is 12.2. The lowest BCUT2D eigenvalue weighted by Crippen LogP contribution is -2.53. The number of fused-ring (bicyclic) bond motifs is 5. The largest absolute Gasteiger partial charge is 0.493 e. The van der Waals surface area contributed by atoms with E-state index in [1.54, 1.807) is 0 Å². The SMILES string of the molecule is CC(CCC[C@@H](C)[C@H]1CC[C@H]2[C@@H]3CCC4CCCC[C@]4(C)[C@H]3CC[C@]12C)COc1ccc(N(c2ccc(N)cc2)c2ccc(N)cc2)cc1. The van der Waals surface area contributed by atoms with E-state index in [2.05, 4.69) is 81.1 Å². The van der Waals surface area contributed by atoms with E-state index in [9.17, 15) is 0 Å². The van der Waals surface area contributed by atoms with E-state index in [1.807, 2.05) is 24.3 Å². The van der Waals surface area contributed by atoms with Crippen LogP contribution in [0.4, 0.5) is 28.4 Å². The van der Waals surface area contributed by atoms with Crippen LogP contribution in [0.15, 0.2) is 72.8 Å². The van der Waals surface area contributed by atoms with Crippen molar-refractivity contribution < 1.29 is 4.74 Å². The highest BCUT2D eigenvalue weighted by Crippen LogP contribution is 2.68. The first-order chi connectivity index (χ1) is 23.7. The molecule has 4 saturated carbocycles. The normalized spacial score (nSPS) is 32.0. The Hall–Kier alpha value is -3.14. The summed E-state index contributed by atoms with van der Waals surface area (Å²) in [7, 11) is 0. The molecule has 4 aliphatic rings. The third-order valence-electron chi connectivity index (χ3n) is 14.6. The molecule has 4 N–H and O–H groups in total. The van der Waals surface area contributed by atoms with Gasteiger partial charge in [-0.2, -0.15) is 0 Å². The van der Waals surface area contributed by atoms with Crippen LogP contribution in [0, 0.1) is 52.3 Å². The van der Waals surface area contributed by atoms with E-state index in [4.69, 9.17) is 16.2 Å². The molecule has 4 aliphatic carbocycles. The number of nitrogens with zero attached hydrogens (tertiary/aromatic N) is 1. The summed E-state index contributed by atoms with van der Waals surface area (Å²) in [6.07, 6.45) is 19.0. The molecule has 264 valence electrons. The van der Waals surface area contributed by atoms with Crippen LogP contribution >= 0.6 is 0 Å². The Morgan fingerprint density at radius 3 is 1.94 bits per heavy atom. The molecule has 0 aromatic heterocycles. The summed E-state index contributed by atoms with van der Waals surface area (Å²) in [4.78, 5) is 2.21. The van der Waals surface area contributed by atoms with Gasteiger partial charge in [0.15, 0.2) is 0 Å². The molecule has 9 atom stereocenters. The first kappa shape index (κ1) is 34.3. The van der Waals surface area contributed by atoms with E-state index < -0.39 is 0 Å². The number of nitrogens with two attached hydrogens (primary N) is 2. The van der Waals surface area contributed by atoms with Crippen molar-refractivity contribution in [3.63, 3.8) is 0 Å². The van der Waals surface area contributed by atoms with Gasteiger partial charge in [-0.1, -0.05) is 53.4 Å². The highest BCUT2D eigenvalue weighted by Gasteiger charge is 2.60. The van der Waals surface area contributed by atoms with Crippen molar-refractivity contribution in [3.05, 3.63) is 72.8 Å². The Bertz CT molecular complexity index is 1470. The van der Waals surface area contributed by atoms with Crippen molar-refractivity contribution in [1.29, 1.82) is 0 Å². The van der Waals surface area contributed by atoms with Gasteiger partial charge in [-0.25, -0.2) is 0 Å². The van der Waals surface area contributed by atoms with Crippen molar-refractivity contribution in [1.82, 2.24) is 0 Å². The molecule has 4 heteroatoms. The van der Waals surface area contributed by atoms with Crippen LogP contribution in [0.2, 0.25) is 0 Å². The number of nitrogen functional groups attached to an aromatic ring is 2. The van der Waals surface area contributed by atoms with E-state index in [0.29, 0.717) is 16.7 Å². The van der Waals surface area contributed by atoms with Crippen LogP contribution < -0.4 is 21.1 Å². The van der Waals surface area contributed by atoms with Crippen LogP contribution in [-0.2, 0) is 0 Å². The molecule has 0 saturated heterocycles. The third-order valence-corrected chi connectivity index (χ3v) is 14.6. The van der Waals surface area contributed by atoms with Crippen LogP contribution in [0.1, 0.15) is 111 Å². The summed E-state index contributed by atoms with van der Waals surface area (Å²) < 4.78 is 6.33. The van der Waals surface area contributed by atoms with Crippen molar-refractivity contribution >= 4 is 28.4 Å². The maximum atomic E-state index is 6.33. The third kappa shape index (κ3) is 6.83.